The number of nitrogens with two attached hydrogens (primary N) is 1. The Morgan fingerprint density at radius 2 is 1.76 bits per heavy atom. The molecule has 0 amide bonds. The third kappa shape index (κ3) is 4.88. The van der Waals surface area contributed by atoms with Crippen molar-refractivity contribution in [3.05, 3.63) is 57.5 Å². The molecule has 0 aliphatic carbocycles. The Morgan fingerprint density at radius 3 is 2.43 bits per heavy atom. The van der Waals surface area contributed by atoms with Gasteiger partial charge in [-0.25, -0.2) is 0 Å². The molecular formula is C15H13BrClNO2S. The second-order valence-electron chi connectivity index (χ2n) is 4.16. The molecule has 2 aromatic carbocycles. The van der Waals surface area contributed by atoms with E-state index < -0.39 is 0 Å². The zero-order chi connectivity index (χ0) is 15.2. The lowest BCUT2D eigenvalue weighted by atomic mass is 10.2. The quantitative estimate of drug-likeness (QED) is 0.597. The maximum Gasteiger partial charge on any atom is 0.129 e. The van der Waals surface area contributed by atoms with Gasteiger partial charge in [0, 0.05) is 9.50 Å². The molecule has 2 N–H and O–H groups in total. The van der Waals surface area contributed by atoms with Crippen molar-refractivity contribution < 1.29 is 9.47 Å². The Labute approximate surface area is 142 Å². The summed E-state index contributed by atoms with van der Waals surface area (Å²) in [6.45, 7) is 0.800. The normalized spacial score (nSPS) is 10.2. The largest absolute Gasteiger partial charge is 0.490 e. The summed E-state index contributed by atoms with van der Waals surface area (Å²) >= 11 is 14.3. The minimum atomic E-state index is 0.251. The predicted octanol–water partition coefficient (Wildman–Crippen LogP) is 4.19. The fourth-order valence-electron chi connectivity index (χ4n) is 1.66. The lowest BCUT2D eigenvalue weighted by Gasteiger charge is -2.12. The van der Waals surface area contributed by atoms with Crippen molar-refractivity contribution in [1.29, 1.82) is 0 Å². The molecule has 0 bridgehead atoms. The van der Waals surface area contributed by atoms with Gasteiger partial charge < -0.3 is 15.2 Å². The van der Waals surface area contributed by atoms with Crippen molar-refractivity contribution in [3.63, 3.8) is 0 Å². The third-order valence-electron chi connectivity index (χ3n) is 2.63. The van der Waals surface area contributed by atoms with Gasteiger partial charge in [-0.05, 0) is 42.5 Å². The lowest BCUT2D eigenvalue weighted by Crippen LogP contribution is -2.14. The van der Waals surface area contributed by atoms with Gasteiger partial charge in [0.15, 0.2) is 0 Å². The van der Waals surface area contributed by atoms with Gasteiger partial charge in [0.05, 0.1) is 5.56 Å². The standard InChI is InChI=1S/C15H13BrClNO2S/c16-10-1-4-12(5-2-10)19-7-8-20-14-6-3-11(17)9-13(14)15(18)21/h1-6,9H,7-8H2,(H2,18,21). The van der Waals surface area contributed by atoms with E-state index in [0.717, 1.165) is 10.2 Å². The SMILES string of the molecule is NC(=S)c1cc(Cl)ccc1OCCOc1ccc(Br)cc1. The van der Waals surface area contributed by atoms with Crippen molar-refractivity contribution >= 4 is 44.7 Å². The van der Waals surface area contributed by atoms with E-state index in [1.807, 2.05) is 24.3 Å². The van der Waals surface area contributed by atoms with Crippen LogP contribution in [0.2, 0.25) is 5.02 Å². The minimum absolute atomic E-state index is 0.251. The first-order valence-corrected chi connectivity index (χ1v) is 7.74. The second-order valence-corrected chi connectivity index (χ2v) is 5.95. The maximum absolute atomic E-state index is 5.92. The summed E-state index contributed by atoms with van der Waals surface area (Å²) in [6, 6.07) is 12.8. The number of halogens is 2. The van der Waals surface area contributed by atoms with Crippen LogP contribution in [0.1, 0.15) is 5.56 Å². The Morgan fingerprint density at radius 1 is 1.10 bits per heavy atom. The number of thiocarbonyl (C=S) groups is 1. The Balaban J connectivity index is 1.89. The topological polar surface area (TPSA) is 44.5 Å². The first-order valence-electron chi connectivity index (χ1n) is 6.17. The van der Waals surface area contributed by atoms with Gasteiger partial charge in [0.25, 0.3) is 0 Å². The van der Waals surface area contributed by atoms with Crippen LogP contribution >= 0.6 is 39.7 Å². The summed E-state index contributed by atoms with van der Waals surface area (Å²) in [5, 5.41) is 0.566. The van der Waals surface area contributed by atoms with Crippen LogP contribution in [0.4, 0.5) is 0 Å². The average molecular weight is 387 g/mol. The highest BCUT2D eigenvalue weighted by molar-refractivity contribution is 9.10. The van der Waals surface area contributed by atoms with Crippen LogP contribution < -0.4 is 15.2 Å². The molecule has 0 aliphatic rings. The third-order valence-corrected chi connectivity index (χ3v) is 3.61. The molecule has 0 aliphatic heterocycles. The molecule has 0 fully saturated rings. The highest BCUT2D eigenvalue weighted by Gasteiger charge is 2.07. The van der Waals surface area contributed by atoms with E-state index in [2.05, 4.69) is 15.9 Å². The second kappa shape index (κ2) is 7.64. The van der Waals surface area contributed by atoms with E-state index >= 15 is 0 Å². The Hall–Kier alpha value is -1.30. The average Bonchev–Trinajstić information content (AvgIpc) is 2.46. The van der Waals surface area contributed by atoms with E-state index in [9.17, 15) is 0 Å². The molecule has 0 saturated heterocycles. The highest BCUT2D eigenvalue weighted by atomic mass is 79.9. The Kier molecular flexibility index (Phi) is 5.85. The van der Waals surface area contributed by atoms with E-state index in [-0.39, 0.29) is 4.99 Å². The van der Waals surface area contributed by atoms with Gasteiger partial charge in [-0.2, -0.15) is 0 Å². The van der Waals surface area contributed by atoms with Crippen LogP contribution in [-0.2, 0) is 0 Å². The van der Waals surface area contributed by atoms with E-state index in [0.29, 0.717) is 29.5 Å². The van der Waals surface area contributed by atoms with Crippen LogP contribution in [0, 0.1) is 0 Å². The molecule has 0 saturated carbocycles. The molecule has 21 heavy (non-hydrogen) atoms. The van der Waals surface area contributed by atoms with Gasteiger partial charge in [0.1, 0.15) is 29.7 Å². The molecule has 2 rings (SSSR count). The Bertz CT molecular complexity index is 634. The smallest absolute Gasteiger partial charge is 0.129 e. The summed E-state index contributed by atoms with van der Waals surface area (Å²) in [5.41, 5.74) is 6.28. The molecule has 0 aromatic heterocycles. The first-order chi connectivity index (χ1) is 10.1. The number of rotatable bonds is 6. The number of ether oxygens (including phenoxy) is 2. The zero-order valence-corrected chi connectivity index (χ0v) is 14.2. The number of benzene rings is 2. The molecule has 3 nitrogen and oxygen atoms in total. The summed E-state index contributed by atoms with van der Waals surface area (Å²) in [7, 11) is 0. The zero-order valence-electron chi connectivity index (χ0n) is 11.0. The maximum atomic E-state index is 5.92. The molecular weight excluding hydrogens is 374 g/mol. The fourth-order valence-corrected chi connectivity index (χ4v) is 2.26. The summed E-state index contributed by atoms with van der Waals surface area (Å²) in [4.78, 5) is 0.251. The van der Waals surface area contributed by atoms with E-state index in [1.54, 1.807) is 18.2 Å². The van der Waals surface area contributed by atoms with Gasteiger partial charge >= 0.3 is 0 Å². The van der Waals surface area contributed by atoms with Crippen LogP contribution in [0.25, 0.3) is 0 Å². The van der Waals surface area contributed by atoms with Crippen molar-refractivity contribution in [2.24, 2.45) is 5.73 Å². The molecule has 0 spiro atoms. The van der Waals surface area contributed by atoms with Crippen LogP contribution in [0.5, 0.6) is 11.5 Å². The molecule has 0 radical (unpaired) electrons. The van der Waals surface area contributed by atoms with Gasteiger partial charge in [-0.15, -0.1) is 0 Å². The number of hydrogen-bond acceptors (Lipinski definition) is 3. The summed E-state index contributed by atoms with van der Waals surface area (Å²) < 4.78 is 12.2. The summed E-state index contributed by atoms with van der Waals surface area (Å²) in [6.07, 6.45) is 0. The van der Waals surface area contributed by atoms with Crippen molar-refractivity contribution in [3.8, 4) is 11.5 Å². The van der Waals surface area contributed by atoms with E-state index in [1.165, 1.54) is 0 Å². The van der Waals surface area contributed by atoms with Gasteiger partial charge in [0.2, 0.25) is 0 Å². The summed E-state index contributed by atoms with van der Waals surface area (Å²) in [5.74, 6) is 1.39. The van der Waals surface area contributed by atoms with Gasteiger partial charge in [-0.3, -0.25) is 0 Å². The van der Waals surface area contributed by atoms with Gasteiger partial charge in [-0.1, -0.05) is 39.7 Å². The monoisotopic (exact) mass is 385 g/mol. The van der Waals surface area contributed by atoms with Crippen molar-refractivity contribution in [2.45, 2.75) is 0 Å². The van der Waals surface area contributed by atoms with Crippen LogP contribution in [-0.4, -0.2) is 18.2 Å². The van der Waals surface area contributed by atoms with Crippen LogP contribution in [0.15, 0.2) is 46.9 Å². The van der Waals surface area contributed by atoms with Crippen LogP contribution in [0.3, 0.4) is 0 Å². The molecule has 0 atom stereocenters. The minimum Gasteiger partial charge on any atom is -0.490 e. The fraction of sp³-hybridized carbons (Fsp3) is 0.133. The molecule has 0 unspecified atom stereocenters. The molecule has 110 valence electrons. The number of hydrogen-bond donors (Lipinski definition) is 1. The van der Waals surface area contributed by atoms with Crippen molar-refractivity contribution in [2.75, 3.05) is 13.2 Å². The molecule has 2 aromatic rings. The predicted molar refractivity (Wildman–Crippen MR) is 92.5 cm³/mol. The van der Waals surface area contributed by atoms with E-state index in [4.69, 9.17) is 39.0 Å². The molecule has 0 heterocycles. The highest BCUT2D eigenvalue weighted by Crippen LogP contribution is 2.23. The first kappa shape index (κ1) is 16.1. The molecule has 6 heteroatoms. The lowest BCUT2D eigenvalue weighted by molar-refractivity contribution is 0.217. The van der Waals surface area contributed by atoms with Crippen molar-refractivity contribution in [1.82, 2.24) is 0 Å².